The predicted molar refractivity (Wildman–Crippen MR) is 154 cm³/mol. The van der Waals surface area contributed by atoms with E-state index in [2.05, 4.69) is 5.16 Å². The predicted octanol–water partition coefficient (Wildman–Crippen LogP) is 2.04. The smallest absolute Gasteiger partial charge is 0.255 e. The molecule has 226 valence electrons. The van der Waals surface area contributed by atoms with Crippen LogP contribution in [0.25, 0.3) is 16.9 Å². The summed E-state index contributed by atoms with van der Waals surface area (Å²) < 4.78 is 4.97. The largest absolute Gasteiger partial charge is 0.508 e. The number of likely N-dealkylation sites (N-methyl/N-ethyl adjacent to an activating group) is 1. The molecule has 1 saturated carbocycles. The topological polar surface area (TPSA) is 204 Å². The summed E-state index contributed by atoms with van der Waals surface area (Å²) in [6.07, 6.45) is 1.54. The maximum Gasteiger partial charge on any atom is 0.255 e. The maximum atomic E-state index is 14.0. The zero-order valence-electron chi connectivity index (χ0n) is 23.8. The number of phenols is 1. The number of carbonyl (C=O) groups is 4. The van der Waals surface area contributed by atoms with Crippen molar-refractivity contribution in [1.29, 1.82) is 0 Å². The Kier molecular flexibility index (Phi) is 6.78. The Morgan fingerprint density at radius 1 is 1.11 bits per heavy atom. The second-order valence-electron chi connectivity index (χ2n) is 11.6. The number of aliphatic hydroxyl groups excluding tert-OH is 2. The first-order chi connectivity index (χ1) is 20.9. The molecule has 44 heavy (non-hydrogen) atoms. The lowest BCUT2D eigenvalue weighted by atomic mass is 9.57. The van der Waals surface area contributed by atoms with Gasteiger partial charge in [-0.3, -0.25) is 24.1 Å². The van der Waals surface area contributed by atoms with Crippen LogP contribution in [-0.2, 0) is 27.2 Å². The van der Waals surface area contributed by atoms with Crippen LogP contribution in [0.5, 0.6) is 5.75 Å². The van der Waals surface area contributed by atoms with Gasteiger partial charge in [0.2, 0.25) is 17.3 Å². The van der Waals surface area contributed by atoms with Gasteiger partial charge in [-0.05, 0) is 61.2 Å². The lowest BCUT2D eigenvalue weighted by molar-refractivity contribution is -0.153. The van der Waals surface area contributed by atoms with Gasteiger partial charge < -0.3 is 30.7 Å². The van der Waals surface area contributed by atoms with Gasteiger partial charge in [-0.2, -0.15) is 0 Å². The summed E-state index contributed by atoms with van der Waals surface area (Å²) in [6.45, 7) is 0. The molecule has 1 fully saturated rings. The Hall–Kier alpha value is -5.07. The molecule has 0 radical (unpaired) electrons. The number of aliphatic hydroxyl groups is 3. The van der Waals surface area contributed by atoms with Crippen molar-refractivity contribution in [1.82, 2.24) is 10.1 Å². The molecule has 12 nitrogen and oxygen atoms in total. The molecule has 6 N–H and O–H groups in total. The Labute approximate surface area is 250 Å². The summed E-state index contributed by atoms with van der Waals surface area (Å²) in [5.74, 6) is -7.22. The number of carbonyl (C=O) groups excluding carboxylic acids is 4. The van der Waals surface area contributed by atoms with Crippen molar-refractivity contribution in [2.24, 2.45) is 17.6 Å². The minimum atomic E-state index is -2.71. The van der Waals surface area contributed by atoms with Gasteiger partial charge in [0.05, 0.1) is 17.8 Å². The molecular formula is C32H29N3O9. The van der Waals surface area contributed by atoms with Crippen molar-refractivity contribution in [3.63, 3.8) is 0 Å². The summed E-state index contributed by atoms with van der Waals surface area (Å²) in [6, 6.07) is 10.5. The first kappa shape index (κ1) is 29.0. The highest BCUT2D eigenvalue weighted by Crippen LogP contribution is 2.53. The number of hydrogen-bond donors (Lipinski definition) is 5. The Balaban J connectivity index is 1.46. The van der Waals surface area contributed by atoms with Crippen molar-refractivity contribution in [3.05, 3.63) is 88.0 Å². The SMILES string of the molecule is CN(C)[C@H]1C(=O)C(C(N)=O)=C(O)[C@@]2(O)C(=O)C3=C(O)c4c(O)ccc(-c5cccc(CC(=O)c6ccno6)c5)c4C[C@@H]3C[C@@H]12. The van der Waals surface area contributed by atoms with Crippen LogP contribution in [0.2, 0.25) is 0 Å². The minimum absolute atomic E-state index is 0.0121. The molecule has 12 heteroatoms. The standard InChI is InChI=1S/C32H29N3O9/c1-35(2)26-19-13-16-12-18-17(15-5-3-4-14(10-15)11-21(37)22-8-9-34-44-22)6-7-20(36)24(18)27(38)23(16)29(40)32(19,43)30(41)25(28(26)39)31(33)42/h3-10,16,19,26,36,38,41,43H,11-13H2,1-2H3,(H2,33,42)/t16-,19+,26-,32+/m1/s1. The van der Waals surface area contributed by atoms with Crippen LogP contribution in [-0.4, -0.2) is 79.5 Å². The van der Waals surface area contributed by atoms with E-state index in [0.29, 0.717) is 22.3 Å². The van der Waals surface area contributed by atoms with Gasteiger partial charge in [0, 0.05) is 24.0 Å². The summed E-state index contributed by atoms with van der Waals surface area (Å²) in [4.78, 5) is 53.6. The van der Waals surface area contributed by atoms with Crippen molar-refractivity contribution >= 4 is 29.0 Å². The van der Waals surface area contributed by atoms with E-state index in [9.17, 15) is 39.6 Å². The zero-order chi connectivity index (χ0) is 31.7. The average Bonchev–Trinajstić information content (AvgIpc) is 3.50. The number of benzene rings is 2. The van der Waals surface area contributed by atoms with Crippen LogP contribution in [0, 0.1) is 11.8 Å². The molecule has 1 aromatic heterocycles. The fourth-order valence-corrected chi connectivity index (χ4v) is 7.00. The highest BCUT2D eigenvalue weighted by atomic mass is 16.5. The van der Waals surface area contributed by atoms with Crippen LogP contribution in [0.1, 0.15) is 33.7 Å². The van der Waals surface area contributed by atoms with E-state index in [-0.39, 0.29) is 47.7 Å². The molecule has 0 aliphatic heterocycles. The number of primary amides is 1. The second-order valence-corrected chi connectivity index (χ2v) is 11.6. The van der Waals surface area contributed by atoms with E-state index in [4.69, 9.17) is 10.3 Å². The van der Waals surface area contributed by atoms with Crippen LogP contribution in [0.15, 0.2) is 70.1 Å². The molecule has 3 aliphatic rings. The normalized spacial score (nSPS) is 24.7. The number of rotatable bonds is 6. The molecule has 6 rings (SSSR count). The molecule has 0 spiro atoms. The number of nitrogens with two attached hydrogens (primary N) is 1. The van der Waals surface area contributed by atoms with Gasteiger partial charge in [-0.1, -0.05) is 35.5 Å². The number of phenolic OH excluding ortho intramolecular Hbond substituents is 1. The van der Waals surface area contributed by atoms with E-state index in [1.54, 1.807) is 38.4 Å². The molecule has 0 saturated heterocycles. The van der Waals surface area contributed by atoms with Gasteiger partial charge in [0.1, 0.15) is 22.8 Å². The second kappa shape index (κ2) is 10.3. The van der Waals surface area contributed by atoms with Crippen molar-refractivity contribution in [2.75, 3.05) is 14.1 Å². The Morgan fingerprint density at radius 2 is 1.86 bits per heavy atom. The van der Waals surface area contributed by atoms with Crippen molar-refractivity contribution < 1.29 is 44.1 Å². The number of aromatic nitrogens is 1. The Bertz CT molecular complexity index is 1820. The maximum absolute atomic E-state index is 14.0. The fourth-order valence-electron chi connectivity index (χ4n) is 7.00. The molecule has 2 aromatic carbocycles. The molecule has 1 heterocycles. The first-order valence-electron chi connectivity index (χ1n) is 13.9. The number of fused-ring (bicyclic) bond motifs is 3. The van der Waals surface area contributed by atoms with Gasteiger partial charge >= 0.3 is 0 Å². The minimum Gasteiger partial charge on any atom is -0.508 e. The molecule has 3 aliphatic carbocycles. The molecule has 1 amide bonds. The van der Waals surface area contributed by atoms with Gasteiger partial charge in [-0.25, -0.2) is 0 Å². The number of ketones is 3. The third-order valence-corrected chi connectivity index (χ3v) is 8.92. The summed E-state index contributed by atoms with van der Waals surface area (Å²) >= 11 is 0. The molecular weight excluding hydrogens is 570 g/mol. The zero-order valence-corrected chi connectivity index (χ0v) is 23.8. The molecule has 0 unspecified atom stereocenters. The van der Waals surface area contributed by atoms with E-state index in [1.165, 1.54) is 23.2 Å². The monoisotopic (exact) mass is 599 g/mol. The number of amides is 1. The quantitative estimate of drug-likeness (QED) is 0.205. The van der Waals surface area contributed by atoms with Crippen LogP contribution >= 0.6 is 0 Å². The Morgan fingerprint density at radius 3 is 2.52 bits per heavy atom. The molecule has 0 bridgehead atoms. The number of nitrogens with zero attached hydrogens (tertiary/aromatic N) is 2. The lowest BCUT2D eigenvalue weighted by Crippen LogP contribution is -2.65. The lowest BCUT2D eigenvalue weighted by Gasteiger charge is -2.50. The van der Waals surface area contributed by atoms with Crippen molar-refractivity contribution in [3.8, 4) is 16.9 Å². The van der Waals surface area contributed by atoms with E-state index in [1.807, 2.05) is 6.07 Å². The van der Waals surface area contributed by atoms with Crippen LogP contribution in [0.3, 0.4) is 0 Å². The van der Waals surface area contributed by atoms with E-state index >= 15 is 0 Å². The first-order valence-corrected chi connectivity index (χ1v) is 13.9. The highest BCUT2D eigenvalue weighted by Gasteiger charge is 2.64. The van der Waals surface area contributed by atoms with Gasteiger partial charge in [-0.15, -0.1) is 0 Å². The van der Waals surface area contributed by atoms with Crippen LogP contribution in [0.4, 0.5) is 0 Å². The van der Waals surface area contributed by atoms with Gasteiger partial charge in [0.25, 0.3) is 5.91 Å². The van der Waals surface area contributed by atoms with E-state index < -0.39 is 58.0 Å². The summed E-state index contributed by atoms with van der Waals surface area (Å²) in [5, 5.41) is 48.7. The summed E-state index contributed by atoms with van der Waals surface area (Å²) in [5.41, 5.74) is 4.09. The molecule has 3 aromatic rings. The molecule has 4 atom stereocenters. The average molecular weight is 600 g/mol. The van der Waals surface area contributed by atoms with Crippen LogP contribution < -0.4 is 5.73 Å². The highest BCUT2D eigenvalue weighted by molar-refractivity contribution is 6.24. The third kappa shape index (κ3) is 4.17. The number of hydrogen-bond acceptors (Lipinski definition) is 11. The fraction of sp³-hybridized carbons (Fsp3) is 0.281. The third-order valence-electron chi connectivity index (χ3n) is 8.92. The number of aromatic hydroxyl groups is 1. The van der Waals surface area contributed by atoms with E-state index in [0.717, 1.165) is 0 Å². The number of Topliss-reactive ketones (excluding diaryl/α,β-unsaturated/α-hetero) is 3. The van der Waals surface area contributed by atoms with Gasteiger partial charge in [0.15, 0.2) is 11.4 Å². The summed E-state index contributed by atoms with van der Waals surface area (Å²) in [7, 11) is 3.09. The van der Waals surface area contributed by atoms with Crippen molar-refractivity contribution in [2.45, 2.75) is 30.9 Å².